The van der Waals surface area contributed by atoms with Gasteiger partial charge in [-0.05, 0) is 82.0 Å². The number of hydrogen-bond acceptors (Lipinski definition) is 12. The monoisotopic (exact) mass is 710 g/mol. The van der Waals surface area contributed by atoms with Crippen LogP contribution in [0.3, 0.4) is 0 Å². The van der Waals surface area contributed by atoms with Crippen molar-refractivity contribution in [3.05, 3.63) is 11.6 Å². The van der Waals surface area contributed by atoms with Crippen LogP contribution in [0.1, 0.15) is 107 Å². The van der Waals surface area contributed by atoms with E-state index in [9.17, 15) is 45.3 Å². The number of aliphatic hydroxyl groups excluding tert-OH is 6. The highest BCUT2D eigenvalue weighted by Gasteiger charge is 2.74. The lowest BCUT2D eigenvalue weighted by Crippen LogP contribution is -2.65. The molecule has 0 bridgehead atoms. The standard InChI is InChI=1S/C38H62O12/c1-19(40)50-33(2,3)15-14-25(42)38(9,47)31-22(41)16-35(6)24-12-10-20-21(37(24,8)26(43)17-36(31,35)7)11-13-27(34(20,4)5)49-32-30(46)29(45)28(44)23(18-39)48-32/h10,21-25,27-32,39,41-42,44-47H,11-18H2,1-9H3. The van der Waals surface area contributed by atoms with Gasteiger partial charge in [-0.15, -0.1) is 0 Å². The molecule has 0 aromatic carbocycles. The average Bonchev–Trinajstić information content (AvgIpc) is 3.21. The maximum absolute atomic E-state index is 14.7. The molecule has 1 heterocycles. The number of allylic oxidation sites excluding steroid dienone is 1. The Hall–Kier alpha value is -1.48. The van der Waals surface area contributed by atoms with Crippen molar-refractivity contribution in [3.63, 3.8) is 0 Å². The van der Waals surface area contributed by atoms with Crippen molar-refractivity contribution in [2.45, 2.75) is 167 Å². The van der Waals surface area contributed by atoms with Crippen LogP contribution in [-0.2, 0) is 23.8 Å². The number of ether oxygens (including phenoxy) is 3. The van der Waals surface area contributed by atoms with Gasteiger partial charge in [0, 0.05) is 30.1 Å². The van der Waals surface area contributed by atoms with Crippen LogP contribution in [0, 0.1) is 39.4 Å². The molecule has 3 saturated carbocycles. The lowest BCUT2D eigenvalue weighted by atomic mass is 9.38. The van der Waals surface area contributed by atoms with E-state index in [0.717, 1.165) is 5.57 Å². The fourth-order valence-corrected chi connectivity index (χ4v) is 11.5. The molecule has 286 valence electrons. The van der Waals surface area contributed by atoms with Crippen molar-refractivity contribution in [1.82, 2.24) is 0 Å². The van der Waals surface area contributed by atoms with Crippen molar-refractivity contribution >= 4 is 11.8 Å². The van der Waals surface area contributed by atoms with E-state index in [0.29, 0.717) is 32.1 Å². The summed E-state index contributed by atoms with van der Waals surface area (Å²) < 4.78 is 17.4. The van der Waals surface area contributed by atoms with Crippen LogP contribution >= 0.6 is 0 Å². The van der Waals surface area contributed by atoms with Gasteiger partial charge in [-0.25, -0.2) is 0 Å². The quantitative estimate of drug-likeness (QED) is 0.136. The minimum absolute atomic E-state index is 0.0718. The van der Waals surface area contributed by atoms with E-state index in [4.69, 9.17) is 14.2 Å². The Morgan fingerprint density at radius 2 is 1.66 bits per heavy atom. The molecule has 50 heavy (non-hydrogen) atoms. The first kappa shape index (κ1) is 39.7. The Bertz CT molecular complexity index is 1340. The summed E-state index contributed by atoms with van der Waals surface area (Å²) in [6.45, 7) is 16.1. The van der Waals surface area contributed by atoms with Crippen molar-refractivity contribution in [2.24, 2.45) is 39.4 Å². The van der Waals surface area contributed by atoms with E-state index in [1.165, 1.54) is 6.92 Å². The normalized spacial score (nSPS) is 46.2. The van der Waals surface area contributed by atoms with Crippen molar-refractivity contribution in [2.75, 3.05) is 6.61 Å². The summed E-state index contributed by atoms with van der Waals surface area (Å²) in [4.78, 5) is 26.3. The Morgan fingerprint density at radius 1 is 1.02 bits per heavy atom. The van der Waals surface area contributed by atoms with E-state index in [-0.39, 0.29) is 30.5 Å². The van der Waals surface area contributed by atoms with E-state index in [2.05, 4.69) is 19.9 Å². The SMILES string of the molecule is CC(=O)OC(C)(C)CCC(O)C(C)(O)C1C(O)CC2(C)C3CC=C4C(CCC(OC5OC(CO)C(O)C(O)C5O)C4(C)C)C3(C)C(=O)CC12C. The second kappa shape index (κ2) is 13.1. The predicted molar refractivity (Wildman–Crippen MR) is 181 cm³/mol. The minimum atomic E-state index is -1.73. The van der Waals surface area contributed by atoms with E-state index in [1.807, 2.05) is 20.8 Å². The highest BCUT2D eigenvalue weighted by atomic mass is 16.7. The van der Waals surface area contributed by atoms with Crippen LogP contribution in [0.25, 0.3) is 0 Å². The molecule has 12 heteroatoms. The van der Waals surface area contributed by atoms with Crippen molar-refractivity contribution in [3.8, 4) is 0 Å². The van der Waals surface area contributed by atoms with Gasteiger partial charge in [0.15, 0.2) is 6.29 Å². The molecule has 0 amide bonds. The third-order valence-corrected chi connectivity index (χ3v) is 14.5. The molecule has 0 radical (unpaired) electrons. The Balaban J connectivity index is 1.41. The first-order valence-electron chi connectivity index (χ1n) is 18.4. The number of rotatable bonds is 9. The number of esters is 1. The van der Waals surface area contributed by atoms with Gasteiger partial charge in [0.1, 0.15) is 35.8 Å². The summed E-state index contributed by atoms with van der Waals surface area (Å²) >= 11 is 0. The molecule has 15 atom stereocenters. The summed E-state index contributed by atoms with van der Waals surface area (Å²) in [7, 11) is 0. The molecular weight excluding hydrogens is 648 g/mol. The van der Waals surface area contributed by atoms with Crippen LogP contribution in [0.2, 0.25) is 0 Å². The lowest BCUT2D eigenvalue weighted by molar-refractivity contribution is -0.319. The van der Waals surface area contributed by atoms with Crippen LogP contribution in [0.4, 0.5) is 0 Å². The van der Waals surface area contributed by atoms with Gasteiger partial charge in [-0.3, -0.25) is 9.59 Å². The topological polar surface area (TPSA) is 203 Å². The molecular formula is C38H62O12. The fourth-order valence-electron chi connectivity index (χ4n) is 11.5. The molecule has 7 N–H and O–H groups in total. The molecule has 0 aromatic rings. The highest BCUT2D eigenvalue weighted by molar-refractivity contribution is 5.88. The van der Waals surface area contributed by atoms with Crippen LogP contribution < -0.4 is 0 Å². The summed E-state index contributed by atoms with van der Waals surface area (Å²) in [6, 6.07) is 0. The Morgan fingerprint density at radius 3 is 2.26 bits per heavy atom. The molecule has 15 unspecified atom stereocenters. The molecule has 12 nitrogen and oxygen atoms in total. The smallest absolute Gasteiger partial charge is 0.303 e. The first-order chi connectivity index (χ1) is 22.9. The average molecular weight is 711 g/mol. The number of carbonyl (C=O) groups is 2. The summed E-state index contributed by atoms with van der Waals surface area (Å²) in [5, 5.41) is 76.2. The number of hydrogen-bond donors (Lipinski definition) is 7. The molecule has 5 aliphatic rings. The van der Waals surface area contributed by atoms with Crippen LogP contribution in [0.5, 0.6) is 0 Å². The molecule has 1 saturated heterocycles. The van der Waals surface area contributed by atoms with E-state index < -0.39 is 100 Å². The maximum atomic E-state index is 14.7. The lowest BCUT2D eigenvalue weighted by Gasteiger charge is -2.65. The van der Waals surface area contributed by atoms with Crippen LogP contribution in [0.15, 0.2) is 11.6 Å². The number of ketones is 1. The van der Waals surface area contributed by atoms with Gasteiger partial charge in [-0.2, -0.15) is 0 Å². The third kappa shape index (κ3) is 6.02. The number of aliphatic hydroxyl groups is 7. The first-order valence-corrected chi connectivity index (χ1v) is 18.4. The third-order valence-electron chi connectivity index (χ3n) is 14.5. The van der Waals surface area contributed by atoms with Gasteiger partial charge < -0.3 is 50.0 Å². The molecule has 5 rings (SSSR count). The van der Waals surface area contributed by atoms with E-state index >= 15 is 0 Å². The van der Waals surface area contributed by atoms with E-state index in [1.54, 1.807) is 20.8 Å². The molecule has 4 aliphatic carbocycles. The van der Waals surface area contributed by atoms with Gasteiger partial charge in [0.2, 0.25) is 0 Å². The summed E-state index contributed by atoms with van der Waals surface area (Å²) in [5.74, 6) is -1.42. The highest BCUT2D eigenvalue weighted by Crippen LogP contribution is 2.74. The van der Waals surface area contributed by atoms with Gasteiger partial charge in [-0.1, -0.05) is 46.3 Å². The fraction of sp³-hybridized carbons (Fsp3) is 0.895. The largest absolute Gasteiger partial charge is 0.460 e. The zero-order chi connectivity index (χ0) is 37.6. The second-order valence-electron chi connectivity index (χ2n) is 18.2. The molecule has 0 spiro atoms. The van der Waals surface area contributed by atoms with Gasteiger partial charge in [0.25, 0.3) is 0 Å². The number of carbonyl (C=O) groups excluding carboxylic acids is 2. The summed E-state index contributed by atoms with van der Waals surface area (Å²) in [5.41, 5.74) is -4.25. The Labute approximate surface area is 296 Å². The zero-order valence-corrected chi connectivity index (χ0v) is 31.3. The Kier molecular flexibility index (Phi) is 10.4. The maximum Gasteiger partial charge on any atom is 0.303 e. The molecule has 4 fully saturated rings. The minimum Gasteiger partial charge on any atom is -0.460 e. The van der Waals surface area contributed by atoms with Gasteiger partial charge in [0.05, 0.1) is 30.5 Å². The second-order valence-corrected chi connectivity index (χ2v) is 18.2. The van der Waals surface area contributed by atoms with Crippen molar-refractivity contribution in [1.29, 1.82) is 0 Å². The summed E-state index contributed by atoms with van der Waals surface area (Å²) in [6.07, 6.45) is -4.70. The number of Topliss-reactive ketones (excluding diaryl/α,β-unsaturated/α-hetero) is 1. The number of fused-ring (bicyclic) bond motifs is 5. The van der Waals surface area contributed by atoms with Crippen molar-refractivity contribution < 1.29 is 59.5 Å². The predicted octanol–water partition coefficient (Wildman–Crippen LogP) is 2.16. The van der Waals surface area contributed by atoms with Crippen LogP contribution in [-0.4, -0.2) is 114 Å². The zero-order valence-electron chi connectivity index (χ0n) is 31.3. The molecule has 0 aromatic heterocycles. The van der Waals surface area contributed by atoms with Gasteiger partial charge >= 0.3 is 5.97 Å². The molecule has 1 aliphatic heterocycles.